The Labute approximate surface area is 98.4 Å². The number of halogens is 1. The van der Waals surface area contributed by atoms with Crippen LogP contribution in [0, 0.1) is 21.4 Å². The van der Waals surface area contributed by atoms with Crippen molar-refractivity contribution < 1.29 is 14.8 Å². The van der Waals surface area contributed by atoms with Gasteiger partial charge in [0.15, 0.2) is 0 Å². The van der Waals surface area contributed by atoms with Gasteiger partial charge >= 0.3 is 5.97 Å². The fourth-order valence-corrected chi connectivity index (χ4v) is 1.69. The van der Waals surface area contributed by atoms with E-state index in [0.29, 0.717) is 4.47 Å². The molecule has 0 saturated heterocycles. The quantitative estimate of drug-likeness (QED) is 0.674. The van der Waals surface area contributed by atoms with E-state index in [9.17, 15) is 14.9 Å². The Kier molecular flexibility index (Phi) is 3.58. The van der Waals surface area contributed by atoms with E-state index >= 15 is 0 Å². The van der Waals surface area contributed by atoms with Crippen molar-refractivity contribution in [3.63, 3.8) is 0 Å². The Hall–Kier alpha value is -1.94. The van der Waals surface area contributed by atoms with E-state index in [1.807, 2.05) is 0 Å². The van der Waals surface area contributed by atoms with Gasteiger partial charge in [-0.25, -0.2) is 0 Å². The average Bonchev–Trinajstić information content (AvgIpc) is 2.19. The highest BCUT2D eigenvalue weighted by molar-refractivity contribution is 9.10. The summed E-state index contributed by atoms with van der Waals surface area (Å²) in [5.41, 5.74) is -0.611. The molecule has 0 unspecified atom stereocenters. The molecule has 6 nitrogen and oxygen atoms in total. The van der Waals surface area contributed by atoms with Gasteiger partial charge in [0.1, 0.15) is 11.6 Å². The van der Waals surface area contributed by atoms with Crippen molar-refractivity contribution in [2.45, 2.75) is 6.42 Å². The second-order valence-corrected chi connectivity index (χ2v) is 3.72. The summed E-state index contributed by atoms with van der Waals surface area (Å²) in [7, 11) is 0. The van der Waals surface area contributed by atoms with Gasteiger partial charge in [-0.3, -0.25) is 14.9 Å². The fraction of sp³-hybridized carbons (Fsp3) is 0.111. The molecule has 1 aromatic rings. The number of nitrogens with zero attached hydrogens (tertiary/aromatic N) is 2. The Balaban J connectivity index is 3.49. The third-order valence-corrected chi connectivity index (χ3v) is 2.60. The Morgan fingerprint density at radius 2 is 2.25 bits per heavy atom. The topological polar surface area (TPSA) is 104 Å². The lowest BCUT2D eigenvalue weighted by molar-refractivity contribution is -0.385. The molecule has 0 aliphatic carbocycles. The second-order valence-electron chi connectivity index (χ2n) is 2.86. The maximum Gasteiger partial charge on any atom is 0.308 e. The SMILES string of the molecule is N#Cc1ccc(Br)c(CC(=O)O)c1[N+](=O)[O-]. The number of nitro groups is 1. The second kappa shape index (κ2) is 4.72. The van der Waals surface area contributed by atoms with Crippen LogP contribution in [0.5, 0.6) is 0 Å². The molecule has 0 radical (unpaired) electrons. The van der Waals surface area contributed by atoms with Crippen molar-refractivity contribution in [1.82, 2.24) is 0 Å². The van der Waals surface area contributed by atoms with Crippen LogP contribution in [-0.2, 0) is 11.2 Å². The van der Waals surface area contributed by atoms with Gasteiger partial charge in [-0.15, -0.1) is 0 Å². The minimum absolute atomic E-state index is 0.00319. The number of hydrogen-bond donors (Lipinski definition) is 1. The van der Waals surface area contributed by atoms with Crippen LogP contribution in [0.25, 0.3) is 0 Å². The van der Waals surface area contributed by atoms with E-state index in [1.54, 1.807) is 6.07 Å². The molecule has 1 N–H and O–H groups in total. The minimum Gasteiger partial charge on any atom is -0.481 e. The Morgan fingerprint density at radius 1 is 1.62 bits per heavy atom. The number of carbonyl (C=O) groups is 1. The number of carboxylic acid groups (broad SMARTS) is 1. The highest BCUT2D eigenvalue weighted by Crippen LogP contribution is 2.30. The third-order valence-electron chi connectivity index (χ3n) is 1.86. The zero-order chi connectivity index (χ0) is 12.3. The molecule has 0 saturated carbocycles. The molecule has 0 atom stereocenters. The minimum atomic E-state index is -1.20. The molecule has 0 aliphatic heterocycles. The third kappa shape index (κ3) is 2.35. The zero-order valence-electron chi connectivity index (χ0n) is 7.81. The molecule has 0 spiro atoms. The molecule has 0 bridgehead atoms. The maximum atomic E-state index is 10.8. The summed E-state index contributed by atoms with van der Waals surface area (Å²) >= 11 is 3.03. The van der Waals surface area contributed by atoms with Crippen molar-refractivity contribution >= 4 is 27.6 Å². The zero-order valence-corrected chi connectivity index (χ0v) is 9.39. The number of benzene rings is 1. The fourth-order valence-electron chi connectivity index (χ4n) is 1.23. The molecule has 7 heteroatoms. The lowest BCUT2D eigenvalue weighted by atomic mass is 10.1. The summed E-state index contributed by atoms with van der Waals surface area (Å²) in [5, 5.41) is 28.1. The molecular formula is C9H5BrN2O4. The molecule has 0 fully saturated rings. The van der Waals surface area contributed by atoms with Crippen LogP contribution in [-0.4, -0.2) is 16.0 Å². The van der Waals surface area contributed by atoms with Gasteiger partial charge in [0, 0.05) is 4.47 Å². The van der Waals surface area contributed by atoms with Crippen LogP contribution in [0.1, 0.15) is 11.1 Å². The summed E-state index contributed by atoms with van der Waals surface area (Å²) in [6.45, 7) is 0. The van der Waals surface area contributed by atoms with Gasteiger partial charge in [-0.2, -0.15) is 5.26 Å². The van der Waals surface area contributed by atoms with E-state index in [0.717, 1.165) is 0 Å². The molecule has 16 heavy (non-hydrogen) atoms. The lowest BCUT2D eigenvalue weighted by Gasteiger charge is -2.04. The maximum absolute atomic E-state index is 10.8. The number of carboxylic acids is 1. The van der Waals surface area contributed by atoms with Crippen molar-refractivity contribution in [2.24, 2.45) is 0 Å². The van der Waals surface area contributed by atoms with Crippen molar-refractivity contribution in [3.05, 3.63) is 37.8 Å². The van der Waals surface area contributed by atoms with E-state index in [4.69, 9.17) is 10.4 Å². The number of nitro benzene ring substituents is 1. The van der Waals surface area contributed by atoms with Crippen LogP contribution in [0.2, 0.25) is 0 Å². The number of hydrogen-bond acceptors (Lipinski definition) is 4. The largest absolute Gasteiger partial charge is 0.481 e. The first-order valence-corrected chi connectivity index (χ1v) is 4.84. The van der Waals surface area contributed by atoms with E-state index in [2.05, 4.69) is 15.9 Å². The first kappa shape index (κ1) is 12.1. The molecule has 0 aliphatic rings. The first-order valence-electron chi connectivity index (χ1n) is 4.05. The van der Waals surface area contributed by atoms with Gasteiger partial charge in [-0.05, 0) is 12.1 Å². The van der Waals surface area contributed by atoms with E-state index in [1.165, 1.54) is 12.1 Å². The van der Waals surface area contributed by atoms with Crippen LogP contribution in [0.3, 0.4) is 0 Å². The van der Waals surface area contributed by atoms with Gasteiger partial charge in [0.2, 0.25) is 0 Å². The van der Waals surface area contributed by atoms with Crippen LogP contribution in [0.15, 0.2) is 16.6 Å². The molecule has 0 heterocycles. The molecule has 1 rings (SSSR count). The van der Waals surface area contributed by atoms with Crippen LogP contribution in [0.4, 0.5) is 5.69 Å². The molecule has 0 aromatic heterocycles. The monoisotopic (exact) mass is 284 g/mol. The number of aliphatic carboxylic acids is 1. The normalized spacial score (nSPS) is 9.50. The summed E-state index contributed by atoms with van der Waals surface area (Å²) in [5.74, 6) is -1.20. The van der Waals surface area contributed by atoms with Gasteiger partial charge in [0.05, 0.1) is 16.9 Å². The predicted molar refractivity (Wildman–Crippen MR) is 56.9 cm³/mol. The molecule has 82 valence electrons. The highest BCUT2D eigenvalue weighted by atomic mass is 79.9. The summed E-state index contributed by atoms with van der Waals surface area (Å²) in [4.78, 5) is 20.6. The van der Waals surface area contributed by atoms with Crippen LogP contribution >= 0.6 is 15.9 Å². The molecular weight excluding hydrogens is 280 g/mol. The average molecular weight is 285 g/mol. The van der Waals surface area contributed by atoms with Crippen LogP contribution < -0.4 is 0 Å². The summed E-state index contributed by atoms with van der Waals surface area (Å²) < 4.78 is 0.306. The van der Waals surface area contributed by atoms with E-state index < -0.39 is 23.0 Å². The molecule has 1 aromatic carbocycles. The summed E-state index contributed by atoms with van der Waals surface area (Å²) in [6, 6.07) is 4.35. The standard InChI is InChI=1S/C9H5BrN2O4/c10-7-2-1-5(4-11)9(12(15)16)6(7)3-8(13)14/h1-2H,3H2,(H,13,14). The Bertz CT molecular complexity index is 507. The smallest absolute Gasteiger partial charge is 0.308 e. The Morgan fingerprint density at radius 3 is 2.69 bits per heavy atom. The van der Waals surface area contributed by atoms with Gasteiger partial charge in [0.25, 0.3) is 5.69 Å². The summed E-state index contributed by atoms with van der Waals surface area (Å²) in [6.07, 6.45) is -0.508. The van der Waals surface area contributed by atoms with E-state index in [-0.39, 0.29) is 11.1 Å². The van der Waals surface area contributed by atoms with Gasteiger partial charge in [-0.1, -0.05) is 15.9 Å². The predicted octanol–water partition coefficient (Wildman–Crippen LogP) is 1.86. The van der Waals surface area contributed by atoms with Crippen molar-refractivity contribution in [2.75, 3.05) is 0 Å². The number of rotatable bonds is 3. The van der Waals surface area contributed by atoms with Crippen molar-refractivity contribution in [3.8, 4) is 6.07 Å². The first-order chi connectivity index (χ1) is 7.47. The number of nitriles is 1. The lowest BCUT2D eigenvalue weighted by Crippen LogP contribution is -2.06. The highest BCUT2D eigenvalue weighted by Gasteiger charge is 2.23. The van der Waals surface area contributed by atoms with Gasteiger partial charge < -0.3 is 5.11 Å². The van der Waals surface area contributed by atoms with Crippen molar-refractivity contribution in [1.29, 1.82) is 5.26 Å². The molecule has 0 amide bonds.